The van der Waals surface area contributed by atoms with Gasteiger partial charge in [0.15, 0.2) is 6.79 Å². The molecule has 0 amide bonds. The molecule has 0 atom stereocenters. The molecule has 6 heteroatoms. The van der Waals surface area contributed by atoms with E-state index in [-0.39, 0.29) is 18.1 Å². The van der Waals surface area contributed by atoms with E-state index in [1.54, 1.807) is 0 Å². The molecule has 0 saturated carbocycles. The van der Waals surface area contributed by atoms with E-state index in [2.05, 4.69) is 15.9 Å². The Morgan fingerprint density at radius 1 is 1.04 bits per heavy atom. The predicted molar refractivity (Wildman–Crippen MR) is 103 cm³/mol. The van der Waals surface area contributed by atoms with E-state index in [0.29, 0.717) is 19.0 Å². The van der Waals surface area contributed by atoms with Crippen molar-refractivity contribution < 1.29 is 23.7 Å². The smallest absolute Gasteiger partial charge is 0.318 e. The minimum atomic E-state index is -0.355. The summed E-state index contributed by atoms with van der Waals surface area (Å²) < 4.78 is 21.5. The highest BCUT2D eigenvalue weighted by atomic mass is 79.9. The molecule has 26 heavy (non-hydrogen) atoms. The van der Waals surface area contributed by atoms with Crippen molar-refractivity contribution in [2.75, 3.05) is 25.3 Å². The zero-order valence-corrected chi connectivity index (χ0v) is 16.1. The van der Waals surface area contributed by atoms with Crippen molar-refractivity contribution >= 4 is 21.9 Å². The minimum absolute atomic E-state index is 0.0616. The van der Waals surface area contributed by atoms with Crippen LogP contribution in [0.25, 0.3) is 0 Å². The Morgan fingerprint density at radius 3 is 2.54 bits per heavy atom. The molecule has 0 aliphatic rings. The highest BCUT2D eigenvalue weighted by molar-refractivity contribution is 9.09. The summed E-state index contributed by atoms with van der Waals surface area (Å²) in [6.07, 6.45) is 1.88. The van der Waals surface area contributed by atoms with Crippen LogP contribution in [0.4, 0.5) is 0 Å². The normalized spacial score (nSPS) is 11.1. The molecule has 0 saturated heterocycles. The number of halogens is 1. The summed E-state index contributed by atoms with van der Waals surface area (Å²) in [5, 5.41) is 0.159. The Morgan fingerprint density at radius 2 is 1.77 bits per heavy atom. The molecule has 0 unspecified atom stereocenters. The Bertz CT molecular complexity index is 715. The van der Waals surface area contributed by atoms with Crippen LogP contribution in [0, 0.1) is 0 Å². The molecule has 0 aliphatic heterocycles. The molecule has 0 spiro atoms. The first-order chi connectivity index (χ1) is 12.7. The van der Waals surface area contributed by atoms with Crippen molar-refractivity contribution in [3.05, 3.63) is 66.2 Å². The lowest BCUT2D eigenvalue weighted by atomic mass is 10.3. The highest BCUT2D eigenvalue weighted by Crippen LogP contribution is 2.25. The number of para-hydroxylation sites is 1. The van der Waals surface area contributed by atoms with Gasteiger partial charge in [-0.3, -0.25) is 4.79 Å². The molecular formula is C20H21BrO5. The molecule has 0 fully saturated rings. The van der Waals surface area contributed by atoms with Gasteiger partial charge in [-0.2, -0.15) is 0 Å². The number of hydrogen-bond donors (Lipinski definition) is 0. The summed E-state index contributed by atoms with van der Waals surface area (Å²) in [6, 6.07) is 17.1. The van der Waals surface area contributed by atoms with Crippen molar-refractivity contribution in [3.8, 4) is 17.2 Å². The third kappa shape index (κ3) is 7.72. The fourth-order valence-corrected chi connectivity index (χ4v) is 2.07. The van der Waals surface area contributed by atoms with E-state index in [1.807, 2.05) is 67.6 Å². The number of ether oxygens (including phenoxy) is 4. The molecule has 2 aromatic rings. The second-order valence-corrected chi connectivity index (χ2v) is 5.93. The molecule has 5 nitrogen and oxygen atoms in total. The maximum atomic E-state index is 10.9. The second kappa shape index (κ2) is 11.3. The lowest BCUT2D eigenvalue weighted by Crippen LogP contribution is -2.09. The van der Waals surface area contributed by atoms with Gasteiger partial charge in [0, 0.05) is 6.07 Å². The average Bonchev–Trinajstić information content (AvgIpc) is 2.67. The van der Waals surface area contributed by atoms with Crippen LogP contribution < -0.4 is 9.47 Å². The molecule has 138 valence electrons. The third-order valence-electron chi connectivity index (χ3n) is 3.21. The first-order valence-electron chi connectivity index (χ1n) is 8.08. The van der Waals surface area contributed by atoms with Crippen molar-refractivity contribution in [2.24, 2.45) is 0 Å². The maximum absolute atomic E-state index is 10.9. The molecule has 0 heterocycles. The van der Waals surface area contributed by atoms with Crippen LogP contribution in [0.5, 0.6) is 17.2 Å². The van der Waals surface area contributed by atoms with Crippen LogP contribution in [0.15, 0.2) is 66.2 Å². The maximum Gasteiger partial charge on any atom is 0.318 e. The van der Waals surface area contributed by atoms with E-state index >= 15 is 0 Å². The monoisotopic (exact) mass is 420 g/mol. The van der Waals surface area contributed by atoms with Gasteiger partial charge in [-0.05, 0) is 36.8 Å². The summed E-state index contributed by atoms with van der Waals surface area (Å²) >= 11 is 3.01. The lowest BCUT2D eigenvalue weighted by molar-refractivity contribution is -0.151. The molecule has 0 radical (unpaired) electrons. The number of alkyl halides is 1. The Hall–Kier alpha value is -2.31. The first-order valence-corrected chi connectivity index (χ1v) is 9.20. The van der Waals surface area contributed by atoms with E-state index in [9.17, 15) is 4.79 Å². The van der Waals surface area contributed by atoms with Crippen LogP contribution in [-0.2, 0) is 14.3 Å². The summed E-state index contributed by atoms with van der Waals surface area (Å²) in [5.41, 5.74) is 1.01. The fourth-order valence-electron chi connectivity index (χ4n) is 1.90. The van der Waals surface area contributed by atoms with Gasteiger partial charge in [0.25, 0.3) is 0 Å². The van der Waals surface area contributed by atoms with Gasteiger partial charge in [-0.1, -0.05) is 46.3 Å². The SMILES string of the molecule is C/C(=C\COCOC(=O)CBr)COc1cccc(Oc2ccccc2)c1. The van der Waals surface area contributed by atoms with Crippen LogP contribution in [0.1, 0.15) is 6.92 Å². The van der Waals surface area contributed by atoms with Crippen molar-refractivity contribution in [2.45, 2.75) is 6.92 Å². The Labute approximate surface area is 161 Å². The molecule has 0 bridgehead atoms. The van der Waals surface area contributed by atoms with Gasteiger partial charge >= 0.3 is 5.97 Å². The highest BCUT2D eigenvalue weighted by Gasteiger charge is 2.01. The third-order valence-corrected chi connectivity index (χ3v) is 3.67. The van der Waals surface area contributed by atoms with Gasteiger partial charge in [0.2, 0.25) is 0 Å². The van der Waals surface area contributed by atoms with Gasteiger partial charge in [0.1, 0.15) is 29.2 Å². The quantitative estimate of drug-likeness (QED) is 0.183. The molecule has 0 N–H and O–H groups in total. The molecule has 0 aliphatic carbocycles. The predicted octanol–water partition coefficient (Wildman–Crippen LogP) is 4.72. The second-order valence-electron chi connectivity index (χ2n) is 5.37. The van der Waals surface area contributed by atoms with Crippen LogP contribution in [0.2, 0.25) is 0 Å². The van der Waals surface area contributed by atoms with Gasteiger partial charge in [-0.15, -0.1) is 0 Å². The number of carbonyl (C=O) groups excluding carboxylic acids is 1. The van der Waals surface area contributed by atoms with E-state index in [4.69, 9.17) is 18.9 Å². The lowest BCUT2D eigenvalue weighted by Gasteiger charge is -2.10. The zero-order valence-electron chi connectivity index (χ0n) is 14.5. The number of carbonyl (C=O) groups is 1. The summed E-state index contributed by atoms with van der Waals surface area (Å²) in [6.45, 7) is 2.66. The first kappa shape index (κ1) is 20.0. The largest absolute Gasteiger partial charge is 0.489 e. The van der Waals surface area contributed by atoms with Crippen molar-refractivity contribution in [3.63, 3.8) is 0 Å². The zero-order chi connectivity index (χ0) is 18.6. The molecule has 2 rings (SSSR count). The van der Waals surface area contributed by atoms with Crippen molar-refractivity contribution in [1.29, 1.82) is 0 Å². The van der Waals surface area contributed by atoms with Crippen molar-refractivity contribution in [1.82, 2.24) is 0 Å². The minimum Gasteiger partial charge on any atom is -0.489 e. The van der Waals surface area contributed by atoms with E-state index in [1.165, 1.54) is 0 Å². The van der Waals surface area contributed by atoms with Crippen LogP contribution >= 0.6 is 15.9 Å². The summed E-state index contributed by atoms with van der Waals surface area (Å²) in [5.74, 6) is 1.86. The van der Waals surface area contributed by atoms with Gasteiger partial charge in [-0.25, -0.2) is 0 Å². The summed E-state index contributed by atoms with van der Waals surface area (Å²) in [7, 11) is 0. The number of hydrogen-bond acceptors (Lipinski definition) is 5. The molecule has 2 aromatic carbocycles. The Kier molecular flexibility index (Phi) is 8.72. The number of esters is 1. The summed E-state index contributed by atoms with van der Waals surface area (Å²) in [4.78, 5) is 10.9. The molecular weight excluding hydrogens is 400 g/mol. The van der Waals surface area contributed by atoms with E-state index < -0.39 is 0 Å². The Balaban J connectivity index is 1.75. The van der Waals surface area contributed by atoms with E-state index in [0.717, 1.165) is 17.1 Å². The standard InChI is InChI=1S/C20H21BrO5/c1-16(10-11-23-15-25-20(22)13-21)14-24-18-8-5-9-19(12-18)26-17-6-3-2-4-7-17/h2-10,12H,11,13-15H2,1H3/b16-10+. The number of benzene rings is 2. The van der Waals surface area contributed by atoms with Gasteiger partial charge < -0.3 is 18.9 Å². The fraction of sp³-hybridized carbons (Fsp3) is 0.250. The average molecular weight is 421 g/mol. The van der Waals surface area contributed by atoms with Crippen LogP contribution in [0.3, 0.4) is 0 Å². The molecule has 0 aromatic heterocycles. The number of rotatable bonds is 10. The van der Waals surface area contributed by atoms with Crippen LogP contribution in [-0.4, -0.2) is 31.3 Å². The van der Waals surface area contributed by atoms with Gasteiger partial charge in [0.05, 0.1) is 6.61 Å². The topological polar surface area (TPSA) is 54.0 Å².